The Hall–Kier alpha value is -8.25. The SMILES string of the molecule is CC(=O)C=C(C)O.CC(=O)C=C(C)O.CC(=O)C=C(C)O.CCn1c2ccccc2c2cc(-c3[c-]c(C)cc(C)c3)ncc21.CCn1c2ccccc2c2ccc(-c3[c-]c(C)cc(C)c3)nc21.CCn1c2ccccc2c2ccnc(-c3[c-]c(C)cc(C)c3)c21.[Ir].[Ir].[Ir]. The van der Waals surface area contributed by atoms with E-state index >= 15 is 0 Å². The third-order valence-corrected chi connectivity index (χ3v) is 14.4. The molecular weight excluding hydrogens is 1690 g/mol. The van der Waals surface area contributed by atoms with Crippen molar-refractivity contribution < 1.29 is 90.0 Å². The molecule has 3 N–H and O–H groups in total. The molecule has 0 aliphatic rings. The summed E-state index contributed by atoms with van der Waals surface area (Å²) in [5.41, 5.74) is 20.6. The number of fused-ring (bicyclic) bond motifs is 9. The van der Waals surface area contributed by atoms with Crippen LogP contribution in [0.4, 0.5) is 0 Å². The summed E-state index contributed by atoms with van der Waals surface area (Å²) >= 11 is 0. The van der Waals surface area contributed by atoms with Gasteiger partial charge in [0.25, 0.3) is 0 Å². The third-order valence-electron chi connectivity index (χ3n) is 14.4. The van der Waals surface area contributed by atoms with Crippen molar-refractivity contribution in [3.05, 3.63) is 233 Å². The number of aliphatic hydroxyl groups is 3. The smallest absolute Gasteiger partial charge is 0.155 e. The molecule has 6 aromatic heterocycles. The molecule has 0 spiro atoms. The third kappa shape index (κ3) is 20.1. The van der Waals surface area contributed by atoms with Gasteiger partial charge in [0.15, 0.2) is 17.3 Å². The van der Waals surface area contributed by atoms with Crippen molar-refractivity contribution >= 4 is 82.9 Å². The van der Waals surface area contributed by atoms with E-state index in [0.717, 1.165) is 75.7 Å². The summed E-state index contributed by atoms with van der Waals surface area (Å²) in [6, 6.07) is 57.6. The van der Waals surface area contributed by atoms with Gasteiger partial charge in [0.1, 0.15) is 5.65 Å². The van der Waals surface area contributed by atoms with Gasteiger partial charge in [0.05, 0.1) is 28.3 Å². The number of hydrogen-bond donors (Lipinski definition) is 3. The van der Waals surface area contributed by atoms with Gasteiger partial charge in [0.2, 0.25) is 0 Å². The first kappa shape index (κ1) is 77.2. The molecule has 3 radical (unpaired) electrons. The van der Waals surface area contributed by atoms with Crippen molar-refractivity contribution in [3.8, 4) is 33.8 Å². The molecule has 93 heavy (non-hydrogen) atoms. The zero-order valence-electron chi connectivity index (χ0n) is 55.5. The van der Waals surface area contributed by atoms with Crippen molar-refractivity contribution in [1.29, 1.82) is 0 Å². The number of aryl methyl sites for hydroxylation is 9. The normalized spacial score (nSPS) is 11.1. The van der Waals surface area contributed by atoms with Crippen molar-refractivity contribution in [3.63, 3.8) is 0 Å². The summed E-state index contributed by atoms with van der Waals surface area (Å²) in [5.74, 6) is -0.187. The molecule has 0 aliphatic carbocycles. The molecule has 12 aromatic rings. The van der Waals surface area contributed by atoms with Gasteiger partial charge in [-0.2, -0.15) is 0 Å². The number of benzene rings is 6. The van der Waals surface area contributed by atoms with Gasteiger partial charge in [0, 0.05) is 165 Å². The standard InChI is InChI=1S/3C21H19N2.3C5H8O2.3Ir/c1-4-23-20-8-6-5-7-17(20)18-12-19(22-13-21(18)23)16-10-14(2)9-15(3)11-16;1-4-23-20-8-6-5-7-17(20)18-9-10-19(22-21(18)23)16-12-14(2)11-15(3)13-16;1-4-23-19-8-6-5-7-17(19)18-9-10-22-20(21(18)23)16-12-14(2)11-15(3)13-16;3*1-4(6)3-5(2)7;;;/h5-10,12-13H,4H2,1-3H3;2*5-12H,4H2,1-3H3;3*3,6H,1-2H3;;;/q3*-1;;;;;;. The Morgan fingerprint density at radius 3 is 1.25 bits per heavy atom. The molecule has 489 valence electrons. The maximum absolute atomic E-state index is 10.0. The number of nitrogens with zero attached hydrogens (tertiary/aromatic N) is 6. The van der Waals surface area contributed by atoms with E-state index in [4.69, 9.17) is 30.3 Å². The van der Waals surface area contributed by atoms with Crippen LogP contribution in [0.25, 0.3) is 99.3 Å². The van der Waals surface area contributed by atoms with Crippen LogP contribution < -0.4 is 0 Å². The molecule has 6 heterocycles. The number of hydrogen-bond acceptors (Lipinski definition) is 9. The molecule has 0 saturated carbocycles. The van der Waals surface area contributed by atoms with E-state index in [1.807, 2.05) is 12.4 Å². The largest absolute Gasteiger partial charge is 0.512 e. The van der Waals surface area contributed by atoms with E-state index in [1.165, 1.54) is 136 Å². The fraction of sp³-hybridized carbons (Fsp3) is 0.231. The van der Waals surface area contributed by atoms with Crippen molar-refractivity contribution in [2.45, 2.75) is 123 Å². The summed E-state index contributed by atoms with van der Waals surface area (Å²) < 4.78 is 6.97. The predicted molar refractivity (Wildman–Crippen MR) is 371 cm³/mol. The number of carbonyl (C=O) groups excluding carboxylic acids is 3. The van der Waals surface area contributed by atoms with E-state index in [-0.39, 0.29) is 94.9 Å². The van der Waals surface area contributed by atoms with Crippen LogP contribution in [0.5, 0.6) is 0 Å². The molecule has 0 unspecified atom stereocenters. The topological polar surface area (TPSA) is 165 Å². The number of aromatic nitrogens is 6. The van der Waals surface area contributed by atoms with Crippen LogP contribution in [0.3, 0.4) is 0 Å². The maximum Gasteiger partial charge on any atom is 0.155 e. The van der Waals surface area contributed by atoms with Gasteiger partial charge >= 0.3 is 0 Å². The monoisotopic (exact) mass is 1780 g/mol. The second-order valence-electron chi connectivity index (χ2n) is 22.4. The zero-order chi connectivity index (χ0) is 65.5. The number of aliphatic hydroxyl groups excluding tert-OH is 3. The summed E-state index contributed by atoms with van der Waals surface area (Å²) in [5, 5.41) is 32.7. The number of allylic oxidation sites excluding steroid dienone is 6. The Bertz CT molecular complexity index is 4550. The molecular formula is C78H81Ir3N6O6-3. The van der Waals surface area contributed by atoms with E-state index in [9.17, 15) is 14.4 Å². The van der Waals surface area contributed by atoms with E-state index in [2.05, 4.69) is 228 Å². The minimum atomic E-state index is -0.125. The first-order valence-corrected chi connectivity index (χ1v) is 30.2. The van der Waals surface area contributed by atoms with Crippen LogP contribution >= 0.6 is 0 Å². The van der Waals surface area contributed by atoms with Crippen LogP contribution in [-0.2, 0) is 94.3 Å². The van der Waals surface area contributed by atoms with Gasteiger partial charge in [-0.05, 0) is 98.0 Å². The average Bonchev–Trinajstić information content (AvgIpc) is 1.63. The summed E-state index contributed by atoms with van der Waals surface area (Å²) in [7, 11) is 0. The minimum absolute atomic E-state index is 0. The summed E-state index contributed by atoms with van der Waals surface area (Å²) in [4.78, 5) is 44.4. The van der Waals surface area contributed by atoms with E-state index in [0.29, 0.717) is 0 Å². The van der Waals surface area contributed by atoms with Gasteiger partial charge in [-0.3, -0.25) is 19.4 Å². The zero-order valence-corrected chi connectivity index (χ0v) is 62.6. The second kappa shape index (κ2) is 35.7. The molecule has 12 rings (SSSR count). The van der Waals surface area contributed by atoms with E-state index in [1.54, 1.807) is 0 Å². The summed E-state index contributed by atoms with van der Waals surface area (Å²) in [6.07, 6.45) is 7.41. The van der Waals surface area contributed by atoms with Crippen LogP contribution in [-0.4, -0.2) is 61.3 Å². The number of para-hydroxylation sites is 3. The first-order valence-electron chi connectivity index (χ1n) is 30.2. The molecule has 0 saturated heterocycles. The number of pyridine rings is 3. The van der Waals surface area contributed by atoms with Crippen molar-refractivity contribution in [2.75, 3.05) is 0 Å². The Labute approximate surface area is 587 Å². The fourth-order valence-electron chi connectivity index (χ4n) is 11.3. The predicted octanol–water partition coefficient (Wildman–Crippen LogP) is 19.0. The molecule has 0 amide bonds. The van der Waals surface area contributed by atoms with Gasteiger partial charge in [-0.15, -0.1) is 105 Å². The van der Waals surface area contributed by atoms with Crippen LogP contribution in [0.15, 0.2) is 181 Å². The Kier molecular flexibility index (Phi) is 29.6. The molecule has 0 atom stereocenters. The quantitative estimate of drug-likeness (QED) is 0.0724. The van der Waals surface area contributed by atoms with Crippen LogP contribution in [0.2, 0.25) is 0 Å². The molecule has 0 bridgehead atoms. The Balaban J connectivity index is 0.000000254. The number of carbonyl (C=O) groups is 3. The molecule has 6 aromatic carbocycles. The van der Waals surface area contributed by atoms with Crippen molar-refractivity contribution in [1.82, 2.24) is 28.7 Å². The second-order valence-corrected chi connectivity index (χ2v) is 22.4. The fourth-order valence-corrected chi connectivity index (χ4v) is 11.3. The van der Waals surface area contributed by atoms with Crippen LogP contribution in [0, 0.1) is 59.7 Å². The molecule has 15 heteroatoms. The molecule has 0 aliphatic heterocycles. The maximum atomic E-state index is 10.0. The number of ketones is 3. The van der Waals surface area contributed by atoms with Gasteiger partial charge < -0.3 is 39.0 Å². The summed E-state index contributed by atoms with van der Waals surface area (Å²) in [6.45, 7) is 30.5. The van der Waals surface area contributed by atoms with Crippen molar-refractivity contribution in [2.24, 2.45) is 0 Å². The minimum Gasteiger partial charge on any atom is -0.512 e. The Morgan fingerprint density at radius 2 is 0.817 bits per heavy atom. The average molecular weight is 1780 g/mol. The molecule has 12 nitrogen and oxygen atoms in total. The van der Waals surface area contributed by atoms with E-state index < -0.39 is 0 Å². The Morgan fingerprint density at radius 1 is 0.419 bits per heavy atom. The van der Waals surface area contributed by atoms with Gasteiger partial charge in [-0.25, -0.2) is 0 Å². The first-order chi connectivity index (χ1) is 42.9. The van der Waals surface area contributed by atoms with Crippen LogP contribution in [0.1, 0.15) is 95.7 Å². The molecule has 0 fully saturated rings. The number of rotatable bonds is 9. The van der Waals surface area contributed by atoms with Gasteiger partial charge in [-0.1, -0.05) is 114 Å².